The van der Waals surface area contributed by atoms with Crippen LogP contribution in [0.1, 0.15) is 17.0 Å². The van der Waals surface area contributed by atoms with Crippen LogP contribution < -0.4 is 4.90 Å². The molecule has 0 bridgehead atoms. The third-order valence-corrected chi connectivity index (χ3v) is 15.6. The number of hydrogen-bond acceptors (Lipinski definition) is 6. The van der Waals surface area contributed by atoms with Crippen molar-refractivity contribution in [3.05, 3.63) is 260 Å². The van der Waals surface area contributed by atoms with Crippen molar-refractivity contribution in [2.75, 3.05) is 4.90 Å². The van der Waals surface area contributed by atoms with E-state index in [1.54, 1.807) is 0 Å². The molecule has 0 spiro atoms. The van der Waals surface area contributed by atoms with E-state index < -0.39 is 0 Å². The Balaban J connectivity index is 0.923. The Bertz CT molecular complexity index is 4720. The van der Waals surface area contributed by atoms with Gasteiger partial charge >= 0.3 is 0 Å². The van der Waals surface area contributed by atoms with Gasteiger partial charge in [-0.05, 0) is 82.9 Å². The van der Waals surface area contributed by atoms with Crippen molar-refractivity contribution in [2.24, 2.45) is 0 Å². The topological polar surface area (TPSA) is 73.1 Å². The minimum Gasteiger partial charge on any atom is -0.456 e. The lowest BCUT2D eigenvalue weighted by atomic mass is 9.82. The normalized spacial score (nSPS) is 15.1. The Hall–Kier alpha value is -10.1. The lowest BCUT2D eigenvalue weighted by Gasteiger charge is -2.33. The average Bonchev–Trinajstić information content (AvgIpc) is 4.31. The number of fused-ring (bicyclic) bond motifs is 12. The maximum atomic E-state index is 6.85. The van der Waals surface area contributed by atoms with Crippen molar-refractivity contribution >= 4 is 82.6 Å². The molecule has 356 valence electrons. The fraction of sp³-hybridized carbons (Fsp3) is 0.0290. The molecular weight excluding hydrogens is 931 g/mol. The third kappa shape index (κ3) is 6.32. The van der Waals surface area contributed by atoms with Crippen LogP contribution in [0.15, 0.2) is 258 Å². The van der Waals surface area contributed by atoms with E-state index in [4.69, 9.17) is 23.8 Å². The zero-order valence-corrected chi connectivity index (χ0v) is 40.9. The Kier molecular flexibility index (Phi) is 9.32. The van der Waals surface area contributed by atoms with Crippen molar-refractivity contribution in [1.82, 2.24) is 19.5 Å². The van der Waals surface area contributed by atoms with Crippen molar-refractivity contribution in [3.63, 3.8) is 0 Å². The van der Waals surface area contributed by atoms with Crippen LogP contribution in [0.4, 0.5) is 11.4 Å². The molecule has 5 heterocycles. The predicted molar refractivity (Wildman–Crippen MR) is 309 cm³/mol. The predicted octanol–water partition coefficient (Wildman–Crippen LogP) is 17.7. The number of hydrogen-bond donors (Lipinski definition) is 0. The van der Waals surface area contributed by atoms with E-state index >= 15 is 0 Å². The zero-order valence-electron chi connectivity index (χ0n) is 40.9. The fourth-order valence-corrected chi connectivity index (χ4v) is 12.5. The van der Waals surface area contributed by atoms with Gasteiger partial charge in [-0.25, -0.2) is 15.0 Å². The summed E-state index contributed by atoms with van der Waals surface area (Å²) in [5.41, 5.74) is 17.2. The van der Waals surface area contributed by atoms with Gasteiger partial charge in [0.1, 0.15) is 22.3 Å². The summed E-state index contributed by atoms with van der Waals surface area (Å²) < 4.78 is 16.1. The summed E-state index contributed by atoms with van der Waals surface area (Å²) in [6.45, 7) is 0. The molecule has 0 saturated heterocycles. The minimum atomic E-state index is 0.00446. The van der Waals surface area contributed by atoms with Crippen molar-refractivity contribution in [3.8, 4) is 51.0 Å². The molecule has 76 heavy (non-hydrogen) atoms. The number of benzene rings is 10. The smallest absolute Gasteiger partial charge is 0.164 e. The standard InChI is InChI=1S/C69H43N5O2/c1-4-20-42(21-5-1)67-70-68(53-34-18-40-59-63(53)61-47(28-16-38-57(61)75-59)51-32-14-30-49-45-26-10-12-36-55(45)73(65(49)51)43-22-6-2-7-23-43)72-69(71-67)54-35-19-41-60-64(54)62-48(29-17-39-58(62)76-60)52-33-15-31-50-46-27-11-13-37-56(46)74(66(50)52)44-24-8-3-9-25-44/h1-41,49,65H. The Morgan fingerprint density at radius 1 is 0.382 bits per heavy atom. The van der Waals surface area contributed by atoms with E-state index in [0.29, 0.717) is 17.5 Å². The summed E-state index contributed by atoms with van der Waals surface area (Å²) in [6.07, 6.45) is 6.87. The highest BCUT2D eigenvalue weighted by molar-refractivity contribution is 6.22. The molecule has 0 N–H and O–H groups in total. The van der Waals surface area contributed by atoms with Gasteiger partial charge in [0.2, 0.25) is 0 Å². The van der Waals surface area contributed by atoms with E-state index in [-0.39, 0.29) is 12.0 Å². The molecule has 2 atom stereocenters. The number of anilines is 2. The summed E-state index contributed by atoms with van der Waals surface area (Å²) >= 11 is 0. The first-order valence-electron chi connectivity index (χ1n) is 25.8. The van der Waals surface area contributed by atoms with Gasteiger partial charge in [-0.1, -0.05) is 188 Å². The summed E-state index contributed by atoms with van der Waals surface area (Å²) in [5, 5.41) is 6.28. The van der Waals surface area contributed by atoms with Gasteiger partial charge in [0.25, 0.3) is 0 Å². The first kappa shape index (κ1) is 42.4. The van der Waals surface area contributed by atoms with Crippen LogP contribution in [0.25, 0.3) is 122 Å². The molecule has 0 amide bonds. The van der Waals surface area contributed by atoms with Crippen LogP contribution >= 0.6 is 0 Å². The van der Waals surface area contributed by atoms with E-state index in [2.05, 4.69) is 222 Å². The van der Waals surface area contributed by atoms with Crippen LogP contribution in [0.2, 0.25) is 0 Å². The Labute approximate surface area is 436 Å². The zero-order chi connectivity index (χ0) is 49.8. The first-order valence-corrected chi connectivity index (χ1v) is 25.8. The van der Waals surface area contributed by atoms with E-state index in [1.165, 1.54) is 27.6 Å². The second-order valence-electron chi connectivity index (χ2n) is 19.7. The number of aromatic nitrogens is 4. The SMILES string of the molecule is C1=CC2c3ccccc3N(c3ccccc3)C2C(c2cccc3oc4cccc(-c5nc(-c6ccccc6)nc(-c6cccc7oc8cccc(-c9cccc%10c%11ccccc%11n(-c%11ccccc%11)c9%10)c8c67)n5)c4c23)=C1. The van der Waals surface area contributed by atoms with E-state index in [9.17, 15) is 0 Å². The fourth-order valence-electron chi connectivity index (χ4n) is 12.5. The largest absolute Gasteiger partial charge is 0.456 e. The molecule has 4 aromatic heterocycles. The number of rotatable bonds is 7. The van der Waals surface area contributed by atoms with Gasteiger partial charge in [0, 0.05) is 77.6 Å². The van der Waals surface area contributed by atoms with Crippen LogP contribution in [-0.4, -0.2) is 25.6 Å². The highest BCUT2D eigenvalue weighted by Gasteiger charge is 2.42. The van der Waals surface area contributed by atoms with Crippen LogP contribution in [0.3, 0.4) is 0 Å². The maximum absolute atomic E-state index is 6.85. The minimum absolute atomic E-state index is 0.00446. The Morgan fingerprint density at radius 2 is 0.882 bits per heavy atom. The molecule has 1 aliphatic carbocycles. The monoisotopic (exact) mass is 973 g/mol. The quantitative estimate of drug-likeness (QED) is 0.158. The molecule has 16 rings (SSSR count). The molecule has 0 radical (unpaired) electrons. The average molecular weight is 974 g/mol. The molecule has 2 unspecified atom stereocenters. The number of furan rings is 2. The summed E-state index contributed by atoms with van der Waals surface area (Å²) in [4.78, 5) is 18.8. The first-order chi connectivity index (χ1) is 37.7. The van der Waals surface area contributed by atoms with Crippen molar-refractivity contribution in [1.29, 1.82) is 0 Å². The number of nitrogens with zero attached hydrogens (tertiary/aromatic N) is 5. The summed E-state index contributed by atoms with van der Waals surface area (Å²) in [7, 11) is 0. The highest BCUT2D eigenvalue weighted by atomic mass is 16.3. The third-order valence-electron chi connectivity index (χ3n) is 15.6. The highest BCUT2D eigenvalue weighted by Crippen LogP contribution is 2.53. The Morgan fingerprint density at radius 3 is 1.57 bits per heavy atom. The van der Waals surface area contributed by atoms with Gasteiger partial charge in [0.05, 0.1) is 17.1 Å². The van der Waals surface area contributed by atoms with E-state index in [0.717, 1.165) is 99.7 Å². The molecule has 1 aliphatic heterocycles. The molecule has 7 heteroatoms. The van der Waals surface area contributed by atoms with Gasteiger partial charge < -0.3 is 18.3 Å². The van der Waals surface area contributed by atoms with Gasteiger partial charge in [-0.3, -0.25) is 0 Å². The molecule has 7 nitrogen and oxygen atoms in total. The lowest BCUT2D eigenvalue weighted by Crippen LogP contribution is -2.32. The summed E-state index contributed by atoms with van der Waals surface area (Å²) in [6, 6.07) is 81.0. The van der Waals surface area contributed by atoms with Crippen LogP contribution in [0.5, 0.6) is 0 Å². The van der Waals surface area contributed by atoms with Gasteiger partial charge in [-0.15, -0.1) is 0 Å². The number of para-hydroxylation sites is 5. The van der Waals surface area contributed by atoms with Gasteiger partial charge in [0.15, 0.2) is 17.5 Å². The lowest BCUT2D eigenvalue weighted by molar-refractivity contribution is 0.668. The number of allylic oxidation sites excluding steroid dienone is 2. The van der Waals surface area contributed by atoms with Crippen molar-refractivity contribution < 1.29 is 8.83 Å². The molecule has 2 aliphatic rings. The molecule has 14 aromatic rings. The maximum Gasteiger partial charge on any atom is 0.164 e. The van der Waals surface area contributed by atoms with Crippen molar-refractivity contribution in [2.45, 2.75) is 12.0 Å². The second-order valence-corrected chi connectivity index (χ2v) is 19.7. The van der Waals surface area contributed by atoms with Gasteiger partial charge in [-0.2, -0.15) is 0 Å². The van der Waals surface area contributed by atoms with E-state index in [1.807, 2.05) is 36.4 Å². The summed E-state index contributed by atoms with van der Waals surface area (Å²) in [5.74, 6) is 1.80. The van der Waals surface area contributed by atoms with Crippen LogP contribution in [0, 0.1) is 0 Å². The molecular formula is C69H43N5O2. The van der Waals surface area contributed by atoms with Crippen LogP contribution in [-0.2, 0) is 0 Å². The molecule has 0 saturated carbocycles. The molecule has 10 aromatic carbocycles. The second kappa shape index (κ2) is 16.7. The molecule has 0 fully saturated rings.